The molecule has 0 unspecified atom stereocenters. The summed E-state index contributed by atoms with van der Waals surface area (Å²) < 4.78 is 12.1. The van der Waals surface area contributed by atoms with Crippen molar-refractivity contribution in [2.45, 2.75) is 0 Å². The van der Waals surface area contributed by atoms with Gasteiger partial charge in [-0.3, -0.25) is 9.59 Å². The van der Waals surface area contributed by atoms with Gasteiger partial charge in [-0.1, -0.05) is 65.6 Å². The van der Waals surface area contributed by atoms with E-state index in [9.17, 15) is 9.59 Å². The summed E-state index contributed by atoms with van der Waals surface area (Å²) in [6.07, 6.45) is 0. The third kappa shape index (κ3) is 6.99. The number of rotatable bonds is 12. The maximum Gasteiger partial charge on any atom is 0.213 e. The van der Waals surface area contributed by atoms with Crippen molar-refractivity contribution in [2.24, 2.45) is 4.91 Å². The van der Waals surface area contributed by atoms with Gasteiger partial charge in [0.05, 0.1) is 0 Å². The van der Waals surface area contributed by atoms with Gasteiger partial charge in [0.2, 0.25) is 7.51 Å². The van der Waals surface area contributed by atoms with Crippen LogP contribution in [0.15, 0.2) is 114 Å². The molecule has 9 heteroatoms. The van der Waals surface area contributed by atoms with Crippen LogP contribution in [-0.2, 0) is 0 Å². The second kappa shape index (κ2) is 13.5. The zero-order valence-electron chi connectivity index (χ0n) is 24.0. The number of carbonyl (C=O) groups is 2. The first-order valence-electron chi connectivity index (χ1n) is 13.1. The summed E-state index contributed by atoms with van der Waals surface area (Å²) in [5.41, 5.74) is 2.45. The predicted octanol–water partition coefficient (Wildman–Crippen LogP) is 6.48. The molecule has 4 aromatic carbocycles. The minimum Gasteiger partial charge on any atom is -0.478 e. The fourth-order valence-electron chi connectivity index (χ4n) is 4.41. The molecule has 4 rings (SSSR count). The molecule has 8 nitrogen and oxygen atoms in total. The van der Waals surface area contributed by atoms with Crippen molar-refractivity contribution >= 4 is 19.1 Å². The largest absolute Gasteiger partial charge is 0.478 e. The molecule has 0 heterocycles. The number of carbonyl (C=O) groups excluding carboxylic acids is 2. The highest BCUT2D eigenvalue weighted by molar-refractivity contribution is 7.58. The molecular formula is C32H35N4O4P. The maximum absolute atomic E-state index is 12.7. The molecule has 0 atom stereocenters. The topological polar surface area (TPSA) is 74.7 Å². The lowest BCUT2D eigenvalue weighted by molar-refractivity contribution is 0.103. The first-order chi connectivity index (χ1) is 19.7. The van der Waals surface area contributed by atoms with E-state index >= 15 is 0 Å². The highest BCUT2D eigenvalue weighted by Crippen LogP contribution is 2.55. The molecule has 0 bridgehead atoms. The van der Waals surface area contributed by atoms with Gasteiger partial charge in [0.15, 0.2) is 17.3 Å². The number of hydrogen-bond acceptors (Lipinski definition) is 5. The predicted molar refractivity (Wildman–Crippen MR) is 163 cm³/mol. The van der Waals surface area contributed by atoms with Crippen LogP contribution < -0.4 is 9.57 Å². The third-order valence-corrected chi connectivity index (χ3v) is 9.99. The van der Waals surface area contributed by atoms with Gasteiger partial charge >= 0.3 is 0 Å². The smallest absolute Gasteiger partial charge is 0.213 e. The molecule has 0 radical (unpaired) electrons. The van der Waals surface area contributed by atoms with E-state index in [-0.39, 0.29) is 18.3 Å². The fraction of sp³-hybridized carbons (Fsp3) is 0.188. The third-order valence-electron chi connectivity index (χ3n) is 6.51. The van der Waals surface area contributed by atoms with Crippen LogP contribution in [0.3, 0.4) is 0 Å². The molecule has 0 N–H and O–H groups in total. The number of hydrogen-bond donors (Lipinski definition) is 0. The van der Waals surface area contributed by atoms with Gasteiger partial charge in [0, 0.05) is 22.3 Å². The summed E-state index contributed by atoms with van der Waals surface area (Å²) >= 11 is 0. The van der Waals surface area contributed by atoms with Crippen molar-refractivity contribution in [1.29, 1.82) is 0 Å². The van der Waals surface area contributed by atoms with Crippen LogP contribution in [0.1, 0.15) is 31.8 Å². The normalized spacial score (nSPS) is 11.5. The van der Waals surface area contributed by atoms with Gasteiger partial charge in [-0.05, 0) is 83.8 Å². The van der Waals surface area contributed by atoms with E-state index in [1.807, 2.05) is 85.6 Å². The molecule has 41 heavy (non-hydrogen) atoms. The molecule has 0 aliphatic rings. The van der Waals surface area contributed by atoms with Crippen LogP contribution >= 0.6 is 7.51 Å². The van der Waals surface area contributed by atoms with E-state index in [2.05, 4.69) is 0 Å². The minimum absolute atomic E-state index is 0.0344. The lowest BCUT2D eigenvalue weighted by Gasteiger charge is -2.40. The van der Waals surface area contributed by atoms with Crippen molar-refractivity contribution in [3.05, 3.63) is 131 Å². The average Bonchev–Trinajstić information content (AvgIpc) is 3.00. The standard InChI is InChI=1S/C32H35N4O4P/c1-34(2)41(35(3)4,33-40-30-22-18-28(19-23-30)32(38)26-14-10-7-11-15-26)36(5)24-39-29-20-16-27(17-21-29)31(37)25-12-8-6-9-13-25/h6-23H,24H2,1-5H3. The summed E-state index contributed by atoms with van der Waals surface area (Å²) in [6.45, 7) is 0.230. The SMILES string of the molecule is CN(C)P(=NOc1ccc(C(=O)c2ccccc2)cc1)(N(C)C)N(C)COc1ccc(C(=O)c2ccccc2)cc1. The van der Waals surface area contributed by atoms with E-state index in [0.29, 0.717) is 33.8 Å². The Kier molecular flexibility index (Phi) is 9.86. The Balaban J connectivity index is 1.46. The average molecular weight is 571 g/mol. The van der Waals surface area contributed by atoms with Crippen LogP contribution in [0.2, 0.25) is 0 Å². The van der Waals surface area contributed by atoms with Crippen molar-refractivity contribution < 1.29 is 19.2 Å². The van der Waals surface area contributed by atoms with E-state index < -0.39 is 7.51 Å². The lowest BCUT2D eigenvalue weighted by Crippen LogP contribution is -2.35. The molecule has 4 aromatic rings. The molecule has 0 fully saturated rings. The first kappa shape index (κ1) is 29.9. The highest BCUT2D eigenvalue weighted by atomic mass is 31.2. The summed E-state index contributed by atoms with van der Waals surface area (Å²) in [6, 6.07) is 32.5. The van der Waals surface area contributed by atoms with Gasteiger partial charge in [-0.2, -0.15) is 0 Å². The van der Waals surface area contributed by atoms with E-state index in [4.69, 9.17) is 14.5 Å². The molecule has 0 spiro atoms. The number of benzene rings is 4. The molecule has 0 saturated carbocycles. The van der Waals surface area contributed by atoms with Crippen molar-refractivity contribution in [2.75, 3.05) is 42.0 Å². The van der Waals surface area contributed by atoms with Crippen molar-refractivity contribution in [1.82, 2.24) is 14.0 Å². The van der Waals surface area contributed by atoms with Gasteiger partial charge < -0.3 is 9.57 Å². The molecule has 212 valence electrons. The maximum atomic E-state index is 12.7. The summed E-state index contributed by atoms with van der Waals surface area (Å²) in [5, 5.41) is 0. The molecule has 0 amide bonds. The Bertz CT molecular complexity index is 1500. The summed E-state index contributed by atoms with van der Waals surface area (Å²) in [4.78, 5) is 36.1. The van der Waals surface area contributed by atoms with Crippen LogP contribution in [0, 0.1) is 0 Å². The van der Waals surface area contributed by atoms with Gasteiger partial charge in [-0.25, -0.2) is 14.0 Å². The number of nitrogens with zero attached hydrogens (tertiary/aromatic N) is 4. The number of ether oxygens (including phenoxy) is 1. The molecule has 0 aliphatic carbocycles. The van der Waals surface area contributed by atoms with E-state index in [0.717, 1.165) is 0 Å². The van der Waals surface area contributed by atoms with Crippen LogP contribution in [-0.4, -0.2) is 67.5 Å². The zero-order valence-corrected chi connectivity index (χ0v) is 24.9. The minimum atomic E-state index is -2.52. The summed E-state index contributed by atoms with van der Waals surface area (Å²) in [5.74, 6) is 1.08. The summed E-state index contributed by atoms with van der Waals surface area (Å²) in [7, 11) is 7.19. The Hall–Kier alpha value is -4.07. The van der Waals surface area contributed by atoms with Crippen molar-refractivity contribution in [3.63, 3.8) is 0 Å². The Morgan fingerprint density at radius 1 is 0.585 bits per heavy atom. The first-order valence-corrected chi connectivity index (χ1v) is 14.7. The highest BCUT2D eigenvalue weighted by Gasteiger charge is 2.33. The molecule has 0 saturated heterocycles. The van der Waals surface area contributed by atoms with Gasteiger partial charge in [0.1, 0.15) is 12.5 Å². The Labute approximate surface area is 241 Å². The molecular weight excluding hydrogens is 535 g/mol. The second-order valence-corrected chi connectivity index (χ2v) is 13.3. The van der Waals surface area contributed by atoms with Crippen LogP contribution in [0.25, 0.3) is 0 Å². The van der Waals surface area contributed by atoms with E-state index in [1.165, 1.54) is 0 Å². The van der Waals surface area contributed by atoms with Crippen molar-refractivity contribution in [3.8, 4) is 11.5 Å². The Morgan fingerprint density at radius 2 is 0.976 bits per heavy atom. The molecule has 0 aromatic heterocycles. The molecule has 0 aliphatic heterocycles. The second-order valence-electron chi connectivity index (χ2n) is 9.77. The van der Waals surface area contributed by atoms with Crippen LogP contribution in [0.5, 0.6) is 11.5 Å². The van der Waals surface area contributed by atoms with Crippen LogP contribution in [0.4, 0.5) is 0 Å². The fourth-order valence-corrected chi connectivity index (χ4v) is 7.18. The monoisotopic (exact) mass is 570 g/mol. The lowest BCUT2D eigenvalue weighted by atomic mass is 10.0. The number of ketones is 2. The van der Waals surface area contributed by atoms with Gasteiger partial charge in [-0.15, -0.1) is 0 Å². The Morgan fingerprint density at radius 3 is 1.39 bits per heavy atom. The quantitative estimate of drug-likeness (QED) is 0.0835. The van der Waals surface area contributed by atoms with E-state index in [1.54, 1.807) is 72.8 Å². The zero-order chi connectivity index (χ0) is 29.4. The van der Waals surface area contributed by atoms with Gasteiger partial charge in [0.25, 0.3) is 0 Å².